The highest BCUT2D eigenvalue weighted by Crippen LogP contribution is 2.50. The van der Waals surface area contributed by atoms with Crippen LogP contribution in [-0.4, -0.2) is 11.6 Å². The number of ketones is 2. The van der Waals surface area contributed by atoms with Crippen LogP contribution >= 0.6 is 0 Å². The summed E-state index contributed by atoms with van der Waals surface area (Å²) in [4.78, 5) is 25.9. The molecule has 0 aromatic rings. The molecule has 0 heterocycles. The van der Waals surface area contributed by atoms with Gasteiger partial charge in [-0.3, -0.25) is 9.59 Å². The average Bonchev–Trinajstić information content (AvgIpc) is 3.75. The predicted octanol–water partition coefficient (Wildman–Crippen LogP) is 7.70. The van der Waals surface area contributed by atoms with Gasteiger partial charge in [0.05, 0.1) is 0 Å². The maximum atomic E-state index is 13.3. The van der Waals surface area contributed by atoms with Crippen LogP contribution in [0.25, 0.3) is 0 Å². The lowest BCUT2D eigenvalue weighted by molar-refractivity contribution is -0.133. The summed E-state index contributed by atoms with van der Waals surface area (Å²) in [5.74, 6) is 5.41. The molecule has 5 saturated carbocycles. The molecular weight excluding hydrogens is 392 g/mol. The summed E-state index contributed by atoms with van der Waals surface area (Å²) in [6.07, 6.45) is 20.6. The van der Waals surface area contributed by atoms with Crippen LogP contribution in [0.15, 0.2) is 12.2 Å². The van der Waals surface area contributed by atoms with Gasteiger partial charge >= 0.3 is 0 Å². The Hall–Kier alpha value is -0.920. The Bertz CT molecular complexity index is 711. The minimum absolute atomic E-state index is 0.00313. The van der Waals surface area contributed by atoms with Crippen LogP contribution in [0.4, 0.5) is 0 Å². The number of rotatable bonds is 8. The van der Waals surface area contributed by atoms with Crippen molar-refractivity contribution in [1.29, 1.82) is 0 Å². The van der Waals surface area contributed by atoms with Gasteiger partial charge < -0.3 is 0 Å². The third-order valence-electron chi connectivity index (χ3n) is 10.5. The summed E-state index contributed by atoms with van der Waals surface area (Å²) in [7, 11) is 0. The second-order valence-corrected chi connectivity index (χ2v) is 12.9. The van der Waals surface area contributed by atoms with Crippen LogP contribution in [0.1, 0.15) is 116 Å². The largest absolute Gasteiger partial charge is 0.299 e. The number of Topliss-reactive ketones (excluding diaryl/α,β-unsaturated/α-hetero) is 2. The van der Waals surface area contributed by atoms with Gasteiger partial charge in [0.15, 0.2) is 0 Å². The van der Waals surface area contributed by atoms with E-state index in [1.807, 2.05) is 0 Å². The molecule has 32 heavy (non-hydrogen) atoms. The van der Waals surface area contributed by atoms with Gasteiger partial charge in [-0.05, 0) is 114 Å². The first-order valence-electron chi connectivity index (χ1n) is 14.2. The molecular formula is C30H46O2. The van der Waals surface area contributed by atoms with E-state index in [1.54, 1.807) is 5.57 Å². The SMILES string of the molecule is C=C(CC1CCCC(C2CCC(C(=O)C3CCC(C(=O)C4(C)CC4)CC3)CC2)C1)C1CC1. The van der Waals surface area contributed by atoms with E-state index >= 15 is 0 Å². The van der Waals surface area contributed by atoms with E-state index < -0.39 is 0 Å². The van der Waals surface area contributed by atoms with Crippen LogP contribution < -0.4 is 0 Å². The Morgan fingerprint density at radius 1 is 0.719 bits per heavy atom. The zero-order valence-electron chi connectivity index (χ0n) is 20.6. The van der Waals surface area contributed by atoms with Crippen LogP contribution in [-0.2, 0) is 9.59 Å². The summed E-state index contributed by atoms with van der Waals surface area (Å²) in [5, 5.41) is 0. The maximum Gasteiger partial charge on any atom is 0.141 e. The van der Waals surface area contributed by atoms with Gasteiger partial charge in [-0.1, -0.05) is 38.3 Å². The first-order valence-corrected chi connectivity index (χ1v) is 14.2. The Balaban J connectivity index is 1.05. The van der Waals surface area contributed by atoms with Crippen molar-refractivity contribution in [3.8, 4) is 0 Å². The molecule has 5 aliphatic carbocycles. The van der Waals surface area contributed by atoms with Crippen molar-refractivity contribution >= 4 is 11.6 Å². The molecule has 2 heteroatoms. The minimum Gasteiger partial charge on any atom is -0.299 e. The van der Waals surface area contributed by atoms with Crippen molar-refractivity contribution in [2.45, 2.75) is 116 Å². The van der Waals surface area contributed by atoms with Crippen molar-refractivity contribution in [1.82, 2.24) is 0 Å². The molecule has 2 nitrogen and oxygen atoms in total. The van der Waals surface area contributed by atoms with E-state index in [0.717, 1.165) is 75.0 Å². The van der Waals surface area contributed by atoms with Crippen LogP contribution in [0.5, 0.6) is 0 Å². The van der Waals surface area contributed by atoms with Gasteiger partial charge in [-0.2, -0.15) is 0 Å². The molecule has 0 amide bonds. The van der Waals surface area contributed by atoms with Crippen LogP contribution in [0.3, 0.4) is 0 Å². The Kier molecular flexibility index (Phi) is 6.70. The van der Waals surface area contributed by atoms with Crippen molar-refractivity contribution in [2.24, 2.45) is 46.8 Å². The number of hydrogen-bond acceptors (Lipinski definition) is 2. The van der Waals surface area contributed by atoms with Gasteiger partial charge in [0.25, 0.3) is 0 Å². The number of hydrogen-bond donors (Lipinski definition) is 0. The summed E-state index contributed by atoms with van der Waals surface area (Å²) >= 11 is 0. The Morgan fingerprint density at radius 3 is 1.88 bits per heavy atom. The van der Waals surface area contributed by atoms with E-state index in [-0.39, 0.29) is 17.3 Å². The molecule has 178 valence electrons. The highest BCUT2D eigenvalue weighted by Gasteiger charge is 2.48. The quantitative estimate of drug-likeness (QED) is 0.364. The fraction of sp³-hybridized carbons (Fsp3) is 0.867. The third-order valence-corrected chi connectivity index (χ3v) is 10.5. The number of allylic oxidation sites excluding steroid dienone is 1. The standard InChI is InChI=1S/C30H46O2/c1-20(22-6-7-22)18-21-4-3-5-27(19-21)23-8-10-24(11-9-23)28(31)25-12-14-26(15-13-25)29(32)30(2)16-17-30/h21-27H,1,3-19H2,2H3. The number of carbonyl (C=O) groups is 2. The normalized spacial score (nSPS) is 39.3. The van der Waals surface area contributed by atoms with Crippen molar-refractivity contribution < 1.29 is 9.59 Å². The molecule has 0 radical (unpaired) electrons. The Morgan fingerprint density at radius 2 is 1.28 bits per heavy atom. The molecule has 0 spiro atoms. The van der Waals surface area contributed by atoms with Crippen molar-refractivity contribution in [3.05, 3.63) is 12.2 Å². The summed E-state index contributed by atoms with van der Waals surface area (Å²) in [6.45, 7) is 6.54. The van der Waals surface area contributed by atoms with Gasteiger partial charge in [0, 0.05) is 23.2 Å². The monoisotopic (exact) mass is 438 g/mol. The minimum atomic E-state index is 0.00313. The van der Waals surface area contributed by atoms with Crippen molar-refractivity contribution in [3.63, 3.8) is 0 Å². The molecule has 0 N–H and O–H groups in total. The predicted molar refractivity (Wildman–Crippen MR) is 130 cm³/mol. The molecule has 0 aliphatic heterocycles. The fourth-order valence-corrected chi connectivity index (χ4v) is 7.75. The Labute approximate surface area is 196 Å². The molecule has 2 atom stereocenters. The second-order valence-electron chi connectivity index (χ2n) is 12.9. The zero-order valence-corrected chi connectivity index (χ0v) is 20.6. The fourth-order valence-electron chi connectivity index (χ4n) is 7.75. The van der Waals surface area contributed by atoms with Gasteiger partial charge in [-0.25, -0.2) is 0 Å². The van der Waals surface area contributed by atoms with Crippen molar-refractivity contribution in [2.75, 3.05) is 0 Å². The van der Waals surface area contributed by atoms with Gasteiger partial charge in [0.2, 0.25) is 0 Å². The first-order chi connectivity index (χ1) is 15.4. The molecule has 5 fully saturated rings. The van der Waals surface area contributed by atoms with E-state index in [4.69, 9.17) is 0 Å². The maximum absolute atomic E-state index is 13.3. The van der Waals surface area contributed by atoms with Crippen LogP contribution in [0, 0.1) is 46.8 Å². The second kappa shape index (κ2) is 9.38. The topological polar surface area (TPSA) is 34.1 Å². The highest BCUT2D eigenvalue weighted by molar-refractivity contribution is 5.89. The van der Waals surface area contributed by atoms with E-state index in [0.29, 0.717) is 17.5 Å². The number of carbonyl (C=O) groups excluding carboxylic acids is 2. The average molecular weight is 439 g/mol. The lowest BCUT2D eigenvalue weighted by atomic mass is 9.66. The molecule has 5 rings (SSSR count). The molecule has 0 bridgehead atoms. The van der Waals surface area contributed by atoms with Gasteiger partial charge in [-0.15, -0.1) is 0 Å². The molecule has 0 saturated heterocycles. The first kappa shape index (κ1) is 22.9. The molecule has 0 aromatic carbocycles. The smallest absolute Gasteiger partial charge is 0.141 e. The molecule has 2 unspecified atom stereocenters. The van der Waals surface area contributed by atoms with E-state index in [2.05, 4.69) is 13.5 Å². The summed E-state index contributed by atoms with van der Waals surface area (Å²) < 4.78 is 0. The van der Waals surface area contributed by atoms with E-state index in [9.17, 15) is 9.59 Å². The van der Waals surface area contributed by atoms with E-state index in [1.165, 1.54) is 57.8 Å². The molecule has 0 aromatic heterocycles. The summed E-state index contributed by atoms with van der Waals surface area (Å²) in [6, 6.07) is 0. The lowest BCUT2D eigenvalue weighted by Gasteiger charge is -2.39. The van der Waals surface area contributed by atoms with Crippen LogP contribution in [0.2, 0.25) is 0 Å². The summed E-state index contributed by atoms with van der Waals surface area (Å²) in [5.41, 5.74) is 1.55. The lowest BCUT2D eigenvalue weighted by Crippen LogP contribution is -2.34. The highest BCUT2D eigenvalue weighted by atomic mass is 16.1. The zero-order chi connectivity index (χ0) is 22.3. The molecule has 5 aliphatic rings. The van der Waals surface area contributed by atoms with Gasteiger partial charge in [0.1, 0.15) is 11.6 Å². The third kappa shape index (κ3) is 5.10.